The molecular weight excluding hydrogens is 464 g/mol. The Hall–Kier alpha value is -3.95. The van der Waals surface area contributed by atoms with Crippen LogP contribution in [0, 0.1) is 17.6 Å². The zero-order chi connectivity index (χ0) is 24.9. The molecule has 0 amide bonds. The minimum atomic E-state index is -0.713. The van der Waals surface area contributed by atoms with E-state index >= 15 is 0 Å². The second-order valence-electron chi connectivity index (χ2n) is 8.96. The molecule has 1 saturated heterocycles. The molecule has 1 aliphatic heterocycles. The standard InChI is InChI=1S/C26H27F2N7O/c1-2-17-14-29-26(30-15-17)35-8-6-18(7-9-35)16-36-25-22(27)12-21(13-23(25)28)20-5-3-4-19(10-20)11-24-31-33-34-32-24/h3-5,10,12-15,18H,2,6-9,11,16H2,1H3,(H,31,32,33,34). The van der Waals surface area contributed by atoms with Gasteiger partial charge in [-0.1, -0.05) is 36.4 Å². The fourth-order valence-corrected chi connectivity index (χ4v) is 4.36. The maximum Gasteiger partial charge on any atom is 0.225 e. The number of hydrogen-bond acceptors (Lipinski definition) is 7. The van der Waals surface area contributed by atoms with Crippen molar-refractivity contribution in [2.45, 2.75) is 32.6 Å². The summed E-state index contributed by atoms with van der Waals surface area (Å²) in [7, 11) is 0. The summed E-state index contributed by atoms with van der Waals surface area (Å²) in [6.45, 7) is 3.89. The van der Waals surface area contributed by atoms with Crippen LogP contribution in [0.15, 0.2) is 48.8 Å². The fraction of sp³-hybridized carbons (Fsp3) is 0.346. The van der Waals surface area contributed by atoms with Crippen LogP contribution in [-0.2, 0) is 12.8 Å². The summed E-state index contributed by atoms with van der Waals surface area (Å²) in [6.07, 6.45) is 6.77. The number of aryl methyl sites for hydroxylation is 1. The molecule has 4 aromatic rings. The Morgan fingerprint density at radius 2 is 1.75 bits per heavy atom. The highest BCUT2D eigenvalue weighted by Gasteiger charge is 2.23. The van der Waals surface area contributed by atoms with Gasteiger partial charge in [0, 0.05) is 31.9 Å². The van der Waals surface area contributed by atoms with Crippen molar-refractivity contribution in [3.8, 4) is 16.9 Å². The molecule has 0 saturated carbocycles. The Kier molecular flexibility index (Phi) is 7.11. The van der Waals surface area contributed by atoms with Gasteiger partial charge >= 0.3 is 0 Å². The summed E-state index contributed by atoms with van der Waals surface area (Å²) < 4.78 is 35.4. The summed E-state index contributed by atoms with van der Waals surface area (Å²) in [4.78, 5) is 11.0. The van der Waals surface area contributed by atoms with Gasteiger partial charge in [-0.25, -0.2) is 18.7 Å². The third-order valence-corrected chi connectivity index (χ3v) is 6.47. The molecule has 2 aromatic carbocycles. The first-order chi connectivity index (χ1) is 17.6. The van der Waals surface area contributed by atoms with Crippen LogP contribution in [0.25, 0.3) is 11.1 Å². The van der Waals surface area contributed by atoms with Crippen LogP contribution in [0.1, 0.15) is 36.7 Å². The first-order valence-corrected chi connectivity index (χ1v) is 12.1. The number of aromatic amines is 1. The van der Waals surface area contributed by atoms with E-state index in [4.69, 9.17) is 4.74 Å². The number of hydrogen-bond donors (Lipinski definition) is 1. The number of nitrogens with one attached hydrogen (secondary N) is 1. The number of nitrogens with zero attached hydrogens (tertiary/aromatic N) is 6. The second-order valence-corrected chi connectivity index (χ2v) is 8.96. The van der Waals surface area contributed by atoms with Crippen molar-refractivity contribution in [3.05, 3.63) is 77.4 Å². The van der Waals surface area contributed by atoms with Crippen molar-refractivity contribution >= 4 is 5.95 Å². The predicted octanol–water partition coefficient (Wildman–Crippen LogP) is 4.38. The molecular formula is C26H27F2N7O. The first-order valence-electron chi connectivity index (χ1n) is 12.1. The van der Waals surface area contributed by atoms with Crippen molar-refractivity contribution < 1.29 is 13.5 Å². The smallest absolute Gasteiger partial charge is 0.225 e. The van der Waals surface area contributed by atoms with Crippen LogP contribution < -0.4 is 9.64 Å². The number of anilines is 1. The molecule has 0 radical (unpaired) electrons. The summed E-state index contributed by atoms with van der Waals surface area (Å²) in [5, 5.41) is 13.9. The first kappa shape index (κ1) is 23.8. The number of halogens is 2. The van der Waals surface area contributed by atoms with Gasteiger partial charge in [0.2, 0.25) is 5.95 Å². The average Bonchev–Trinajstić information content (AvgIpc) is 3.42. The Morgan fingerprint density at radius 1 is 1.00 bits per heavy atom. The SMILES string of the molecule is CCc1cnc(N2CCC(COc3c(F)cc(-c4cccc(Cc5nn[nH]n5)c4)cc3F)CC2)nc1. The minimum Gasteiger partial charge on any atom is -0.487 e. The van der Waals surface area contributed by atoms with Gasteiger partial charge in [-0.3, -0.25) is 0 Å². The molecule has 5 rings (SSSR count). The molecule has 186 valence electrons. The number of tetrazole rings is 1. The zero-order valence-corrected chi connectivity index (χ0v) is 20.0. The lowest BCUT2D eigenvalue weighted by Crippen LogP contribution is -2.36. The molecule has 1 aliphatic rings. The van der Waals surface area contributed by atoms with E-state index in [0.717, 1.165) is 49.4 Å². The third-order valence-electron chi connectivity index (χ3n) is 6.47. The molecule has 2 aromatic heterocycles. The molecule has 1 fully saturated rings. The molecule has 36 heavy (non-hydrogen) atoms. The number of rotatable bonds is 8. The van der Waals surface area contributed by atoms with E-state index in [1.807, 2.05) is 36.7 Å². The van der Waals surface area contributed by atoms with E-state index in [2.05, 4.69) is 42.4 Å². The maximum absolute atomic E-state index is 14.9. The maximum atomic E-state index is 14.9. The number of H-pyrrole nitrogens is 1. The lowest BCUT2D eigenvalue weighted by Gasteiger charge is -2.31. The van der Waals surface area contributed by atoms with Gasteiger partial charge in [-0.2, -0.15) is 5.21 Å². The largest absolute Gasteiger partial charge is 0.487 e. The van der Waals surface area contributed by atoms with E-state index in [0.29, 0.717) is 23.4 Å². The van der Waals surface area contributed by atoms with Gasteiger partial charge < -0.3 is 9.64 Å². The van der Waals surface area contributed by atoms with E-state index < -0.39 is 11.6 Å². The van der Waals surface area contributed by atoms with Crippen LogP contribution in [0.3, 0.4) is 0 Å². The Balaban J connectivity index is 1.19. The van der Waals surface area contributed by atoms with Gasteiger partial charge in [0.15, 0.2) is 23.2 Å². The van der Waals surface area contributed by atoms with Gasteiger partial charge in [0.05, 0.1) is 6.61 Å². The van der Waals surface area contributed by atoms with Crippen molar-refractivity contribution in [2.24, 2.45) is 5.92 Å². The van der Waals surface area contributed by atoms with Crippen LogP contribution in [0.2, 0.25) is 0 Å². The molecule has 0 aliphatic carbocycles. The molecule has 8 nitrogen and oxygen atoms in total. The lowest BCUT2D eigenvalue weighted by atomic mass is 9.98. The summed E-state index contributed by atoms with van der Waals surface area (Å²) in [5.41, 5.74) is 3.15. The number of ether oxygens (including phenoxy) is 1. The zero-order valence-electron chi connectivity index (χ0n) is 20.0. The average molecular weight is 492 g/mol. The van der Waals surface area contributed by atoms with Crippen LogP contribution in [0.5, 0.6) is 5.75 Å². The highest BCUT2D eigenvalue weighted by molar-refractivity contribution is 5.65. The molecule has 1 N–H and O–H groups in total. The number of piperidine rings is 1. The Labute approximate surface area is 207 Å². The summed E-state index contributed by atoms with van der Waals surface area (Å²) in [5.74, 6) is -0.286. The highest BCUT2D eigenvalue weighted by atomic mass is 19.1. The van der Waals surface area contributed by atoms with Gasteiger partial charge in [-0.05, 0) is 59.6 Å². The molecule has 0 spiro atoms. The minimum absolute atomic E-state index is 0.205. The van der Waals surface area contributed by atoms with Crippen molar-refractivity contribution in [3.63, 3.8) is 0 Å². The van der Waals surface area contributed by atoms with E-state index in [1.54, 1.807) is 0 Å². The Bertz CT molecular complexity index is 1270. The number of aromatic nitrogens is 6. The van der Waals surface area contributed by atoms with Gasteiger partial charge in [0.1, 0.15) is 0 Å². The van der Waals surface area contributed by atoms with Crippen molar-refractivity contribution in [1.82, 2.24) is 30.6 Å². The second kappa shape index (κ2) is 10.8. The summed E-state index contributed by atoms with van der Waals surface area (Å²) in [6, 6.07) is 10.0. The van der Waals surface area contributed by atoms with E-state index in [-0.39, 0.29) is 18.3 Å². The van der Waals surface area contributed by atoms with Crippen LogP contribution in [-0.4, -0.2) is 50.3 Å². The van der Waals surface area contributed by atoms with Crippen LogP contribution >= 0.6 is 0 Å². The predicted molar refractivity (Wildman–Crippen MR) is 131 cm³/mol. The topological polar surface area (TPSA) is 92.7 Å². The van der Waals surface area contributed by atoms with Crippen LogP contribution in [0.4, 0.5) is 14.7 Å². The van der Waals surface area contributed by atoms with Gasteiger partial charge in [0.25, 0.3) is 0 Å². The molecule has 0 unspecified atom stereocenters. The van der Waals surface area contributed by atoms with Crippen molar-refractivity contribution in [2.75, 3.05) is 24.6 Å². The quantitative estimate of drug-likeness (QED) is 0.391. The van der Waals surface area contributed by atoms with Crippen molar-refractivity contribution in [1.29, 1.82) is 0 Å². The molecule has 3 heterocycles. The highest BCUT2D eigenvalue weighted by Crippen LogP contribution is 2.31. The Morgan fingerprint density at radius 3 is 2.42 bits per heavy atom. The number of benzene rings is 2. The third kappa shape index (κ3) is 5.48. The molecule has 0 atom stereocenters. The normalized spacial score (nSPS) is 14.2. The molecule has 0 bridgehead atoms. The summed E-state index contributed by atoms with van der Waals surface area (Å²) >= 11 is 0. The molecule has 10 heteroatoms. The van der Waals surface area contributed by atoms with Gasteiger partial charge in [-0.15, -0.1) is 10.2 Å². The fourth-order valence-electron chi connectivity index (χ4n) is 4.36. The monoisotopic (exact) mass is 491 g/mol. The lowest BCUT2D eigenvalue weighted by molar-refractivity contribution is 0.207. The van der Waals surface area contributed by atoms with E-state index in [9.17, 15) is 8.78 Å². The van der Waals surface area contributed by atoms with E-state index in [1.165, 1.54) is 12.1 Å².